The van der Waals surface area contributed by atoms with Crippen LogP contribution in [0.3, 0.4) is 0 Å². The van der Waals surface area contributed by atoms with Crippen LogP contribution in [0.1, 0.15) is 5.56 Å². The van der Waals surface area contributed by atoms with Gasteiger partial charge in [0, 0.05) is 0 Å². The molecule has 0 radical (unpaired) electrons. The molecule has 0 spiro atoms. The molecule has 0 amide bonds. The van der Waals surface area contributed by atoms with Gasteiger partial charge >= 0.3 is 0 Å². The molecule has 0 heterocycles. The normalized spacial score (nSPS) is 13.2. The summed E-state index contributed by atoms with van der Waals surface area (Å²) in [5.74, 6) is 0. The second kappa shape index (κ2) is 3.99. The number of benzene rings is 1. The van der Waals surface area contributed by atoms with Gasteiger partial charge in [-0.05, 0) is 5.56 Å². The van der Waals surface area contributed by atoms with Gasteiger partial charge in [0.1, 0.15) is 3.96 Å². The predicted molar refractivity (Wildman–Crippen MR) is 64.2 cm³/mol. The summed E-state index contributed by atoms with van der Waals surface area (Å²) in [4.78, 5) is 0. The van der Waals surface area contributed by atoms with Crippen molar-refractivity contribution in [2.24, 2.45) is 0 Å². The topological polar surface area (TPSA) is 0 Å². The van der Waals surface area contributed by atoms with Crippen LogP contribution < -0.4 is 0 Å². The van der Waals surface area contributed by atoms with Crippen LogP contribution in [-0.4, -0.2) is 14.2 Å². The lowest BCUT2D eigenvalue weighted by Gasteiger charge is -2.29. The fourth-order valence-electron chi connectivity index (χ4n) is 0.901. The van der Waals surface area contributed by atoms with Crippen molar-refractivity contribution in [1.82, 2.24) is 0 Å². The Bertz CT molecular complexity index is 278. The van der Waals surface area contributed by atoms with Gasteiger partial charge in [-0.25, -0.2) is 0 Å². The summed E-state index contributed by atoms with van der Waals surface area (Å²) in [5.41, 5.74) is 0.721. The van der Waals surface area contributed by atoms with Gasteiger partial charge in [-0.15, -0.1) is 23.2 Å². The molecule has 0 N–H and O–H groups in total. The van der Waals surface area contributed by atoms with Gasteiger partial charge in [-0.2, -0.15) is 0 Å². The van der Waals surface area contributed by atoms with Crippen molar-refractivity contribution in [2.45, 2.75) is 8.29 Å². The quantitative estimate of drug-likeness (QED) is 0.574. The first kappa shape index (κ1) is 11.7. The second-order valence-corrected chi connectivity index (χ2v) is 8.63. The second-order valence-electron chi connectivity index (χ2n) is 2.83. The van der Waals surface area contributed by atoms with Crippen molar-refractivity contribution in [3.05, 3.63) is 35.9 Å². The minimum absolute atomic E-state index is 0.488. The number of hydrogen-bond donors (Lipinski definition) is 0. The first-order valence-corrected chi connectivity index (χ1v) is 6.18. The Morgan fingerprint density at radius 3 is 1.77 bits per heavy atom. The maximum Gasteiger partial charge on any atom is 0.171 e. The lowest BCUT2D eigenvalue weighted by Crippen LogP contribution is -2.34. The Morgan fingerprint density at radius 1 is 0.923 bits per heavy atom. The average molecular weight is 274 g/mol. The van der Waals surface area contributed by atoms with E-state index in [1.807, 2.05) is 18.2 Å². The van der Waals surface area contributed by atoms with E-state index in [2.05, 4.69) is 0 Å². The van der Waals surface area contributed by atoms with Crippen LogP contribution in [0.15, 0.2) is 30.3 Å². The van der Waals surface area contributed by atoms with Crippen LogP contribution in [0.2, 0.25) is 0 Å². The molecule has 0 bridgehead atoms. The zero-order chi connectivity index (χ0) is 10.1. The third kappa shape index (κ3) is 2.54. The molecule has 0 saturated carbocycles. The molecule has 1 rings (SSSR count). The van der Waals surface area contributed by atoms with Gasteiger partial charge in [0.25, 0.3) is 0 Å². The molecule has 72 valence electrons. The highest BCUT2D eigenvalue weighted by atomic mass is 35.5. The Labute approximate surface area is 101 Å². The summed E-state index contributed by atoms with van der Waals surface area (Å²) in [6.07, 6.45) is 0. The van der Waals surface area contributed by atoms with E-state index in [4.69, 9.17) is 46.4 Å². The smallest absolute Gasteiger partial charge is 0.103 e. The van der Waals surface area contributed by atoms with E-state index in [-0.39, 0.29) is 0 Å². The fourth-order valence-corrected chi connectivity index (χ4v) is 1.66. The van der Waals surface area contributed by atoms with E-state index < -0.39 is 8.29 Å². The highest BCUT2D eigenvalue weighted by molar-refractivity contribution is 6.73. The summed E-state index contributed by atoms with van der Waals surface area (Å²) in [6, 6.07) is 9.17. The lowest BCUT2D eigenvalue weighted by atomic mass is 10.1. The molecule has 0 unspecified atom stereocenters. The number of halogens is 4. The van der Waals surface area contributed by atoms with E-state index in [1.54, 1.807) is 12.1 Å². The highest BCUT2D eigenvalue weighted by Gasteiger charge is 2.44. The molecule has 0 aliphatic rings. The third-order valence-corrected chi connectivity index (χ3v) is 5.22. The van der Waals surface area contributed by atoms with Crippen LogP contribution in [-0.2, 0) is 4.33 Å². The highest BCUT2D eigenvalue weighted by Crippen LogP contribution is 2.48. The Hall–Kier alpha value is 0.597. The van der Waals surface area contributed by atoms with Crippen molar-refractivity contribution >= 4 is 56.6 Å². The fraction of sp³-hybridized carbons (Fsp3) is 0.250. The molecule has 1 aromatic rings. The van der Waals surface area contributed by atoms with Crippen LogP contribution in [0.25, 0.3) is 0 Å². The maximum absolute atomic E-state index is 6.07. The van der Waals surface area contributed by atoms with Gasteiger partial charge < -0.3 is 0 Å². The molecule has 13 heavy (non-hydrogen) atoms. The summed E-state index contributed by atoms with van der Waals surface area (Å²) in [5, 5.41) is 0. The van der Waals surface area contributed by atoms with Crippen molar-refractivity contribution in [3.8, 4) is 0 Å². The van der Waals surface area contributed by atoms with E-state index in [0.29, 0.717) is 10.2 Å². The van der Waals surface area contributed by atoms with Gasteiger partial charge in [0.05, 0.1) is 10.2 Å². The summed E-state index contributed by atoms with van der Waals surface area (Å²) >= 11 is 24.0. The van der Waals surface area contributed by atoms with Gasteiger partial charge in [-0.1, -0.05) is 53.5 Å². The lowest BCUT2D eigenvalue weighted by molar-refractivity contribution is 0.877. The van der Waals surface area contributed by atoms with Crippen molar-refractivity contribution in [1.29, 1.82) is 0 Å². The maximum atomic E-state index is 6.07. The van der Waals surface area contributed by atoms with Crippen molar-refractivity contribution in [3.63, 3.8) is 0 Å². The largest absolute Gasteiger partial charge is 0.171 e. The van der Waals surface area contributed by atoms with Crippen LogP contribution in [0, 0.1) is 0 Å². The van der Waals surface area contributed by atoms with Crippen LogP contribution in [0.4, 0.5) is 0 Å². The summed E-state index contributed by atoms with van der Waals surface area (Å²) < 4.78 is -2.32. The first-order chi connectivity index (χ1) is 5.86. The molecule has 0 fully saturated rings. The van der Waals surface area contributed by atoms with E-state index in [0.717, 1.165) is 5.56 Å². The molecule has 0 aromatic heterocycles. The SMILES string of the molecule is [SiH3]C(Cl)(Cl)C(Cl)(Cl)c1ccccc1. The minimum Gasteiger partial charge on any atom is -0.103 e. The van der Waals surface area contributed by atoms with Crippen LogP contribution in [0.5, 0.6) is 0 Å². The Kier molecular flexibility index (Phi) is 3.58. The number of rotatable bonds is 2. The first-order valence-electron chi connectivity index (χ1n) is 3.67. The molecule has 5 heteroatoms. The molecule has 1 aromatic carbocycles. The predicted octanol–water partition coefficient (Wildman–Crippen LogP) is 2.81. The summed E-state index contributed by atoms with van der Waals surface area (Å²) in [7, 11) is 0.488. The van der Waals surface area contributed by atoms with Crippen LogP contribution >= 0.6 is 46.4 Å². The molecular formula is C8H8Cl4Si. The average Bonchev–Trinajstić information content (AvgIpc) is 2.04. The van der Waals surface area contributed by atoms with E-state index in [1.165, 1.54) is 0 Å². The standard InChI is InChI=1S/C8H8Cl4Si/c9-7(10,8(11,12)13)6-4-2-1-3-5-6/h1-5H,13H3. The van der Waals surface area contributed by atoms with Gasteiger partial charge in [0.2, 0.25) is 0 Å². The summed E-state index contributed by atoms with van der Waals surface area (Å²) in [6.45, 7) is 0. The van der Waals surface area contributed by atoms with Gasteiger partial charge in [0.15, 0.2) is 4.33 Å². The number of hydrogen-bond acceptors (Lipinski definition) is 0. The van der Waals surface area contributed by atoms with Crippen molar-refractivity contribution in [2.75, 3.05) is 0 Å². The zero-order valence-corrected chi connectivity index (χ0v) is 11.9. The third-order valence-electron chi connectivity index (χ3n) is 1.69. The Balaban J connectivity index is 3.08. The molecule has 0 aliphatic heterocycles. The molecule has 0 aliphatic carbocycles. The molecule has 0 nitrogen and oxygen atoms in total. The number of alkyl halides is 4. The zero-order valence-electron chi connectivity index (χ0n) is 6.90. The van der Waals surface area contributed by atoms with Gasteiger partial charge in [-0.3, -0.25) is 0 Å². The van der Waals surface area contributed by atoms with E-state index in [9.17, 15) is 0 Å². The van der Waals surface area contributed by atoms with E-state index >= 15 is 0 Å². The monoisotopic (exact) mass is 272 g/mol. The molecule has 0 saturated heterocycles. The molecule has 0 atom stereocenters. The minimum atomic E-state index is -1.23. The van der Waals surface area contributed by atoms with Crippen molar-refractivity contribution < 1.29 is 0 Å². The Morgan fingerprint density at radius 2 is 1.38 bits per heavy atom. The molecular weight excluding hydrogens is 266 g/mol.